The van der Waals surface area contributed by atoms with Crippen LogP contribution in [-0.4, -0.2) is 26.2 Å². The van der Waals surface area contributed by atoms with Crippen LogP contribution in [0.15, 0.2) is 57.7 Å². The lowest BCUT2D eigenvalue weighted by molar-refractivity contribution is -0.149. The third kappa shape index (κ3) is 4.49. The molecular formula is C22H19ClN4O4. The van der Waals surface area contributed by atoms with Crippen molar-refractivity contribution < 1.29 is 13.9 Å². The van der Waals surface area contributed by atoms with E-state index >= 15 is 0 Å². The van der Waals surface area contributed by atoms with Gasteiger partial charge in [0.25, 0.3) is 0 Å². The van der Waals surface area contributed by atoms with Crippen molar-refractivity contribution in [2.24, 2.45) is 0 Å². The highest BCUT2D eigenvalue weighted by molar-refractivity contribution is 6.30. The third-order valence-electron chi connectivity index (χ3n) is 4.82. The average molecular weight is 439 g/mol. The fourth-order valence-electron chi connectivity index (χ4n) is 3.20. The molecule has 0 fully saturated rings. The molecule has 0 aliphatic heterocycles. The van der Waals surface area contributed by atoms with Crippen molar-refractivity contribution >= 4 is 28.5 Å². The normalized spacial score (nSPS) is 12.1. The molecule has 0 aliphatic carbocycles. The van der Waals surface area contributed by atoms with Gasteiger partial charge in [0, 0.05) is 27.6 Å². The van der Waals surface area contributed by atoms with E-state index in [-0.39, 0.29) is 6.61 Å². The molecule has 0 saturated carbocycles. The molecule has 1 unspecified atom stereocenters. The summed E-state index contributed by atoms with van der Waals surface area (Å²) in [5.41, 5.74) is 2.22. The zero-order chi connectivity index (χ0) is 22.0. The maximum atomic E-state index is 12.7. The van der Waals surface area contributed by atoms with E-state index in [0.717, 1.165) is 16.5 Å². The molecule has 9 heteroatoms. The SMILES string of the molecule is CCC(C(=O)OCc1cc(=O)oc2cc(C)ccc12)n1nnc(-c2ccc(Cl)cc2)n1. The Balaban J connectivity index is 1.52. The second-order valence-corrected chi connectivity index (χ2v) is 7.50. The number of carbonyl (C=O) groups is 1. The number of halogens is 1. The topological polar surface area (TPSA) is 100 Å². The molecule has 1 atom stereocenters. The minimum atomic E-state index is -0.748. The van der Waals surface area contributed by atoms with E-state index in [1.54, 1.807) is 30.3 Å². The number of nitrogens with zero attached hydrogens (tertiary/aromatic N) is 4. The number of hydrogen-bond donors (Lipinski definition) is 0. The molecule has 0 bridgehead atoms. The van der Waals surface area contributed by atoms with Gasteiger partial charge in [-0.1, -0.05) is 30.7 Å². The van der Waals surface area contributed by atoms with Gasteiger partial charge in [0.1, 0.15) is 12.2 Å². The van der Waals surface area contributed by atoms with Crippen molar-refractivity contribution in [2.45, 2.75) is 32.9 Å². The molecule has 2 aromatic heterocycles. The van der Waals surface area contributed by atoms with Crippen LogP contribution in [0.3, 0.4) is 0 Å². The molecule has 0 spiro atoms. The molecule has 0 aliphatic rings. The molecular weight excluding hydrogens is 420 g/mol. The molecule has 2 heterocycles. The highest BCUT2D eigenvalue weighted by atomic mass is 35.5. The molecule has 31 heavy (non-hydrogen) atoms. The molecule has 4 rings (SSSR count). The Hall–Kier alpha value is -3.52. The van der Waals surface area contributed by atoms with Gasteiger partial charge in [-0.3, -0.25) is 0 Å². The van der Waals surface area contributed by atoms with Crippen LogP contribution in [0.5, 0.6) is 0 Å². The monoisotopic (exact) mass is 438 g/mol. The summed E-state index contributed by atoms with van der Waals surface area (Å²) in [6.07, 6.45) is 0.409. The maximum absolute atomic E-state index is 12.7. The van der Waals surface area contributed by atoms with Gasteiger partial charge in [-0.2, -0.15) is 0 Å². The lowest BCUT2D eigenvalue weighted by Crippen LogP contribution is -2.23. The minimum absolute atomic E-state index is 0.0702. The van der Waals surface area contributed by atoms with E-state index in [1.165, 1.54) is 10.9 Å². The van der Waals surface area contributed by atoms with E-state index in [2.05, 4.69) is 15.4 Å². The predicted molar refractivity (Wildman–Crippen MR) is 115 cm³/mol. The number of carbonyl (C=O) groups excluding carboxylic acids is 1. The summed E-state index contributed by atoms with van der Waals surface area (Å²) in [5, 5.41) is 13.7. The van der Waals surface area contributed by atoms with E-state index < -0.39 is 17.6 Å². The summed E-state index contributed by atoms with van der Waals surface area (Å²) in [6.45, 7) is 3.66. The Bertz CT molecular complexity index is 1300. The van der Waals surface area contributed by atoms with Crippen molar-refractivity contribution in [1.82, 2.24) is 20.2 Å². The van der Waals surface area contributed by atoms with Crippen molar-refractivity contribution in [2.75, 3.05) is 0 Å². The van der Waals surface area contributed by atoms with Crippen molar-refractivity contribution in [3.8, 4) is 11.4 Å². The Morgan fingerprint density at radius 2 is 1.97 bits per heavy atom. The lowest BCUT2D eigenvalue weighted by Gasteiger charge is -2.13. The van der Waals surface area contributed by atoms with Crippen LogP contribution in [0.4, 0.5) is 0 Å². The zero-order valence-corrected chi connectivity index (χ0v) is 17.7. The van der Waals surface area contributed by atoms with Crippen LogP contribution in [0.25, 0.3) is 22.4 Å². The summed E-state index contributed by atoms with van der Waals surface area (Å²) in [7, 11) is 0. The van der Waals surface area contributed by atoms with E-state index in [9.17, 15) is 9.59 Å². The van der Waals surface area contributed by atoms with Gasteiger partial charge in [0.2, 0.25) is 5.82 Å². The van der Waals surface area contributed by atoms with Crippen LogP contribution in [0.1, 0.15) is 30.5 Å². The van der Waals surface area contributed by atoms with Gasteiger partial charge in [0.15, 0.2) is 6.04 Å². The molecule has 0 radical (unpaired) electrons. The first-order valence-electron chi connectivity index (χ1n) is 9.70. The highest BCUT2D eigenvalue weighted by Gasteiger charge is 2.24. The average Bonchev–Trinajstić information content (AvgIpc) is 3.22. The first-order valence-corrected chi connectivity index (χ1v) is 10.1. The van der Waals surface area contributed by atoms with Crippen molar-refractivity contribution in [3.05, 3.63) is 75.1 Å². The summed E-state index contributed by atoms with van der Waals surface area (Å²) in [5.74, 6) is -0.138. The first kappa shape index (κ1) is 20.7. The second-order valence-electron chi connectivity index (χ2n) is 7.06. The molecule has 0 saturated heterocycles. The van der Waals surface area contributed by atoms with E-state index in [0.29, 0.717) is 28.4 Å². The van der Waals surface area contributed by atoms with Gasteiger partial charge in [-0.15, -0.1) is 15.0 Å². The quantitative estimate of drug-likeness (QED) is 0.330. The Morgan fingerprint density at radius 3 is 2.71 bits per heavy atom. The predicted octanol–water partition coefficient (Wildman–Crippen LogP) is 4.10. The maximum Gasteiger partial charge on any atom is 0.336 e. The van der Waals surface area contributed by atoms with Crippen LogP contribution >= 0.6 is 11.6 Å². The Kier molecular flexibility index (Phi) is 5.81. The number of aryl methyl sites for hydroxylation is 1. The molecule has 4 aromatic rings. The van der Waals surface area contributed by atoms with Gasteiger partial charge in [-0.05, 0) is 54.5 Å². The molecule has 0 N–H and O–H groups in total. The second kappa shape index (κ2) is 8.69. The zero-order valence-electron chi connectivity index (χ0n) is 16.9. The summed E-state index contributed by atoms with van der Waals surface area (Å²) >= 11 is 5.91. The molecule has 2 aromatic carbocycles. The van der Waals surface area contributed by atoms with E-state index in [4.69, 9.17) is 20.8 Å². The highest BCUT2D eigenvalue weighted by Crippen LogP contribution is 2.21. The van der Waals surface area contributed by atoms with Gasteiger partial charge >= 0.3 is 11.6 Å². The first-order chi connectivity index (χ1) is 14.9. The standard InChI is InChI=1S/C22H19ClN4O4/c1-3-18(27-25-21(24-26-27)14-5-7-16(23)8-6-14)22(29)30-12-15-11-20(28)31-19-10-13(2)4-9-17(15)19/h4-11,18H,3,12H2,1-2H3. The van der Waals surface area contributed by atoms with Gasteiger partial charge in [0.05, 0.1) is 0 Å². The summed E-state index contributed by atoms with van der Waals surface area (Å²) < 4.78 is 10.7. The van der Waals surface area contributed by atoms with E-state index in [1.807, 2.05) is 26.0 Å². The Morgan fingerprint density at radius 1 is 1.19 bits per heavy atom. The minimum Gasteiger partial charge on any atom is -0.459 e. The molecule has 0 amide bonds. The Labute approximate surface area is 182 Å². The summed E-state index contributed by atoms with van der Waals surface area (Å²) in [4.78, 5) is 25.9. The van der Waals surface area contributed by atoms with Crippen LogP contribution in [-0.2, 0) is 16.1 Å². The van der Waals surface area contributed by atoms with Gasteiger partial charge < -0.3 is 9.15 Å². The number of benzene rings is 2. The number of ether oxygens (including phenoxy) is 1. The number of aromatic nitrogens is 4. The number of rotatable bonds is 6. The van der Waals surface area contributed by atoms with Crippen molar-refractivity contribution in [1.29, 1.82) is 0 Å². The van der Waals surface area contributed by atoms with Gasteiger partial charge in [-0.25, -0.2) is 9.59 Å². The fourth-order valence-corrected chi connectivity index (χ4v) is 3.32. The number of hydrogen-bond acceptors (Lipinski definition) is 7. The number of fused-ring (bicyclic) bond motifs is 1. The smallest absolute Gasteiger partial charge is 0.336 e. The largest absolute Gasteiger partial charge is 0.459 e. The third-order valence-corrected chi connectivity index (χ3v) is 5.08. The van der Waals surface area contributed by atoms with Crippen LogP contribution in [0, 0.1) is 6.92 Å². The fraction of sp³-hybridized carbons (Fsp3) is 0.227. The number of tetrazole rings is 1. The van der Waals surface area contributed by atoms with Crippen LogP contribution in [0.2, 0.25) is 5.02 Å². The number of esters is 1. The van der Waals surface area contributed by atoms with Crippen LogP contribution < -0.4 is 5.63 Å². The van der Waals surface area contributed by atoms with Crippen molar-refractivity contribution in [3.63, 3.8) is 0 Å². The summed E-state index contributed by atoms with van der Waals surface area (Å²) in [6, 6.07) is 13.1. The molecule has 8 nitrogen and oxygen atoms in total. The molecule has 158 valence electrons. The lowest BCUT2D eigenvalue weighted by atomic mass is 10.1.